The van der Waals surface area contributed by atoms with Gasteiger partial charge in [0.05, 0.1) is 0 Å². The van der Waals surface area contributed by atoms with Crippen molar-refractivity contribution in [1.29, 1.82) is 0 Å². The van der Waals surface area contributed by atoms with Crippen LogP contribution in [0.25, 0.3) is 5.57 Å². The molecule has 3 rings (SSSR count). The fraction of sp³-hybridized carbons (Fsp3) is 0.0667. The molecule has 108 valence electrons. The Kier molecular flexibility index (Phi) is 3.25. The van der Waals surface area contributed by atoms with Crippen molar-refractivity contribution in [1.82, 2.24) is 0 Å². The number of ether oxygens (including phenoxy) is 1. The summed E-state index contributed by atoms with van der Waals surface area (Å²) in [5, 5.41) is 0.986. The Bertz CT molecular complexity index is 842. The normalized spacial score (nSPS) is 15.4. The summed E-state index contributed by atoms with van der Waals surface area (Å²) in [4.78, 5) is -0.331. The lowest BCUT2D eigenvalue weighted by Gasteiger charge is -2.08. The third-order valence-electron chi connectivity index (χ3n) is 3.09. The topological polar surface area (TPSA) is 43.4 Å². The minimum Gasteiger partial charge on any atom is -0.489 e. The summed E-state index contributed by atoms with van der Waals surface area (Å²) in [7, 11) is -3.79. The molecule has 21 heavy (non-hydrogen) atoms. The molecule has 0 spiro atoms. The van der Waals surface area contributed by atoms with Gasteiger partial charge in [-0.15, -0.1) is 0 Å². The minimum absolute atomic E-state index is 0.0842. The molecule has 0 bridgehead atoms. The van der Waals surface area contributed by atoms with Crippen LogP contribution in [-0.4, -0.2) is 15.0 Å². The lowest BCUT2D eigenvalue weighted by Crippen LogP contribution is -2.00. The van der Waals surface area contributed by atoms with Gasteiger partial charge in [0.15, 0.2) is 0 Å². The number of rotatable bonds is 3. The van der Waals surface area contributed by atoms with Gasteiger partial charge in [-0.1, -0.05) is 18.2 Å². The minimum atomic E-state index is -3.79. The largest absolute Gasteiger partial charge is 0.489 e. The lowest BCUT2D eigenvalue weighted by atomic mass is 10.1. The van der Waals surface area contributed by atoms with Crippen LogP contribution in [0.5, 0.6) is 5.75 Å². The van der Waals surface area contributed by atoms with E-state index in [4.69, 9.17) is 4.74 Å². The van der Waals surface area contributed by atoms with E-state index in [1.54, 1.807) is 6.07 Å². The molecule has 0 atom stereocenters. The zero-order chi connectivity index (χ0) is 15.0. The Morgan fingerprint density at radius 2 is 1.81 bits per heavy atom. The van der Waals surface area contributed by atoms with E-state index < -0.39 is 21.5 Å². The first-order chi connectivity index (χ1) is 9.97. The molecule has 0 fully saturated rings. The Morgan fingerprint density at radius 3 is 2.57 bits per heavy atom. The van der Waals surface area contributed by atoms with Gasteiger partial charge < -0.3 is 4.74 Å². The van der Waals surface area contributed by atoms with Crippen molar-refractivity contribution in [3.05, 3.63) is 65.1 Å². The van der Waals surface area contributed by atoms with Gasteiger partial charge >= 0.3 is 0 Å². The van der Waals surface area contributed by atoms with Crippen LogP contribution in [0.4, 0.5) is 8.78 Å². The van der Waals surface area contributed by atoms with Crippen molar-refractivity contribution >= 4 is 15.4 Å². The summed E-state index contributed by atoms with van der Waals surface area (Å²) < 4.78 is 55.9. The number of hydrogen-bond acceptors (Lipinski definition) is 3. The van der Waals surface area contributed by atoms with Gasteiger partial charge in [-0.3, -0.25) is 0 Å². The van der Waals surface area contributed by atoms with E-state index in [1.165, 1.54) is 30.3 Å². The lowest BCUT2D eigenvalue weighted by molar-refractivity contribution is 0.367. The molecule has 0 saturated carbocycles. The van der Waals surface area contributed by atoms with E-state index >= 15 is 0 Å². The highest BCUT2D eigenvalue weighted by molar-refractivity contribution is 7.95. The predicted octanol–water partition coefficient (Wildman–Crippen LogP) is 3.17. The van der Waals surface area contributed by atoms with E-state index in [1.807, 2.05) is 0 Å². The van der Waals surface area contributed by atoms with E-state index in [0.717, 1.165) is 11.5 Å². The average molecular weight is 308 g/mol. The van der Waals surface area contributed by atoms with Crippen molar-refractivity contribution in [2.45, 2.75) is 4.90 Å². The number of sulfone groups is 1. The SMILES string of the molecule is O=S1(=O)C=C(COc2cccc(F)c2)c2cccc(F)c21. The van der Waals surface area contributed by atoms with Gasteiger partial charge in [0.25, 0.3) is 0 Å². The van der Waals surface area contributed by atoms with Crippen LogP contribution >= 0.6 is 0 Å². The van der Waals surface area contributed by atoms with E-state index in [9.17, 15) is 17.2 Å². The van der Waals surface area contributed by atoms with Crippen molar-refractivity contribution < 1.29 is 21.9 Å². The van der Waals surface area contributed by atoms with Gasteiger partial charge in [-0.2, -0.15) is 0 Å². The first-order valence-corrected chi connectivity index (χ1v) is 7.65. The van der Waals surface area contributed by atoms with Crippen molar-refractivity contribution in [2.24, 2.45) is 0 Å². The van der Waals surface area contributed by atoms with Crippen molar-refractivity contribution in [3.63, 3.8) is 0 Å². The molecule has 3 nitrogen and oxygen atoms in total. The smallest absolute Gasteiger partial charge is 0.203 e. The van der Waals surface area contributed by atoms with Gasteiger partial charge in [-0.25, -0.2) is 17.2 Å². The van der Waals surface area contributed by atoms with Crippen LogP contribution in [0, 0.1) is 11.6 Å². The Hall–Kier alpha value is -2.21. The third-order valence-corrected chi connectivity index (χ3v) is 4.66. The highest BCUT2D eigenvalue weighted by Gasteiger charge is 2.30. The summed E-state index contributed by atoms with van der Waals surface area (Å²) in [6.07, 6.45) is 0. The van der Waals surface area contributed by atoms with Crippen molar-refractivity contribution in [2.75, 3.05) is 6.61 Å². The standard InChI is InChI=1S/C15H10F2O3S/c16-11-3-1-4-12(7-11)20-8-10-9-21(18,19)15-13(10)5-2-6-14(15)17/h1-7,9H,8H2. The fourth-order valence-electron chi connectivity index (χ4n) is 2.19. The maximum atomic E-state index is 13.7. The van der Waals surface area contributed by atoms with Gasteiger partial charge in [0, 0.05) is 22.6 Å². The fourth-order valence-corrected chi connectivity index (χ4v) is 3.72. The molecule has 1 aliphatic rings. The molecule has 0 N–H and O–H groups in total. The molecular formula is C15H10F2O3S. The van der Waals surface area contributed by atoms with Crippen LogP contribution < -0.4 is 4.74 Å². The molecule has 2 aromatic carbocycles. The molecule has 6 heteroatoms. The van der Waals surface area contributed by atoms with E-state index in [2.05, 4.69) is 0 Å². The van der Waals surface area contributed by atoms with Crippen LogP contribution in [0.3, 0.4) is 0 Å². The Balaban J connectivity index is 1.90. The molecule has 0 saturated heterocycles. The first-order valence-electron chi connectivity index (χ1n) is 6.10. The predicted molar refractivity (Wildman–Crippen MR) is 73.5 cm³/mol. The van der Waals surface area contributed by atoms with Crippen LogP contribution in [0.2, 0.25) is 0 Å². The average Bonchev–Trinajstić information content (AvgIpc) is 2.69. The second-order valence-corrected chi connectivity index (χ2v) is 6.28. The van der Waals surface area contributed by atoms with Crippen LogP contribution in [0.15, 0.2) is 52.8 Å². The molecule has 2 aromatic rings. The highest BCUT2D eigenvalue weighted by atomic mass is 32.2. The monoisotopic (exact) mass is 308 g/mol. The van der Waals surface area contributed by atoms with E-state index in [0.29, 0.717) is 5.57 Å². The Labute approximate surface area is 120 Å². The Morgan fingerprint density at radius 1 is 1.05 bits per heavy atom. The molecule has 0 aliphatic carbocycles. The number of fused-ring (bicyclic) bond motifs is 1. The molecular weight excluding hydrogens is 298 g/mol. The van der Waals surface area contributed by atoms with Crippen LogP contribution in [-0.2, 0) is 9.84 Å². The number of benzene rings is 2. The second kappa shape index (κ2) is 4.96. The molecule has 1 aliphatic heterocycles. The second-order valence-electron chi connectivity index (χ2n) is 4.55. The van der Waals surface area contributed by atoms with E-state index in [-0.39, 0.29) is 22.8 Å². The summed E-state index contributed by atoms with van der Waals surface area (Å²) in [5.74, 6) is -0.963. The number of hydrogen-bond donors (Lipinski definition) is 0. The molecule has 0 radical (unpaired) electrons. The third kappa shape index (κ3) is 2.54. The number of halogens is 2. The zero-order valence-electron chi connectivity index (χ0n) is 10.7. The zero-order valence-corrected chi connectivity index (χ0v) is 11.5. The van der Waals surface area contributed by atoms with Gasteiger partial charge in [-0.05, 0) is 18.2 Å². The molecule has 0 aromatic heterocycles. The summed E-state index contributed by atoms with van der Waals surface area (Å²) in [6.45, 7) is -0.0842. The summed E-state index contributed by atoms with van der Waals surface area (Å²) >= 11 is 0. The summed E-state index contributed by atoms with van der Waals surface area (Å²) in [5.41, 5.74) is 0.625. The highest BCUT2D eigenvalue weighted by Crippen LogP contribution is 2.35. The maximum absolute atomic E-state index is 13.7. The molecule has 0 amide bonds. The van der Waals surface area contributed by atoms with Crippen LogP contribution in [0.1, 0.15) is 5.56 Å². The first kappa shape index (κ1) is 13.8. The quantitative estimate of drug-likeness (QED) is 0.874. The molecule has 1 heterocycles. The van der Waals surface area contributed by atoms with Gasteiger partial charge in [0.2, 0.25) is 9.84 Å². The molecule has 0 unspecified atom stereocenters. The summed E-state index contributed by atoms with van der Waals surface area (Å²) in [6, 6.07) is 9.56. The maximum Gasteiger partial charge on any atom is 0.203 e. The van der Waals surface area contributed by atoms with Crippen molar-refractivity contribution in [3.8, 4) is 5.75 Å². The van der Waals surface area contributed by atoms with Gasteiger partial charge in [0.1, 0.15) is 28.9 Å².